The molecule has 36 heavy (non-hydrogen) atoms. The van der Waals surface area contributed by atoms with Crippen molar-refractivity contribution in [3.63, 3.8) is 0 Å². The summed E-state index contributed by atoms with van der Waals surface area (Å²) in [5.74, 6) is -0.556. The van der Waals surface area contributed by atoms with E-state index in [-0.39, 0.29) is 23.8 Å². The van der Waals surface area contributed by atoms with Crippen LogP contribution in [0.25, 0.3) is 34.0 Å². The van der Waals surface area contributed by atoms with Crippen LogP contribution in [0.1, 0.15) is 52.5 Å². The third kappa shape index (κ3) is 4.86. The number of pyridine rings is 1. The number of hydrogen-bond donors (Lipinski definition) is 2. The number of carbonyl (C=O) groups is 1. The molecule has 5 rings (SSSR count). The van der Waals surface area contributed by atoms with E-state index >= 15 is 0 Å². The zero-order valence-electron chi connectivity index (χ0n) is 20.2. The quantitative estimate of drug-likeness (QED) is 0.425. The molecule has 0 aliphatic heterocycles. The molecule has 3 aromatic heterocycles. The van der Waals surface area contributed by atoms with Gasteiger partial charge in [-0.1, -0.05) is 12.1 Å². The third-order valence-corrected chi connectivity index (χ3v) is 6.08. The van der Waals surface area contributed by atoms with E-state index < -0.39 is 17.5 Å². The van der Waals surface area contributed by atoms with Crippen molar-refractivity contribution >= 4 is 17.1 Å². The van der Waals surface area contributed by atoms with Gasteiger partial charge in [-0.05, 0) is 64.7 Å². The average Bonchev–Trinajstić information content (AvgIpc) is 3.41. The number of amides is 1. The lowest BCUT2D eigenvalue weighted by molar-refractivity contribution is 0.0486. The average molecular weight is 495 g/mol. The third-order valence-electron chi connectivity index (χ3n) is 6.08. The highest BCUT2D eigenvalue weighted by molar-refractivity contribution is 5.83. The lowest BCUT2D eigenvalue weighted by Gasteiger charge is -2.32. The molecule has 1 aliphatic carbocycles. The topological polar surface area (TPSA) is 128 Å². The monoisotopic (exact) mass is 494 g/mol. The lowest BCUT2D eigenvalue weighted by atomic mass is 9.90. The molecule has 1 fully saturated rings. The van der Waals surface area contributed by atoms with Crippen LogP contribution in [0.3, 0.4) is 0 Å². The Bertz CT molecular complexity index is 1470. The summed E-state index contributed by atoms with van der Waals surface area (Å²) in [7, 11) is 0. The Labute approximate surface area is 205 Å². The molecule has 2 atom stereocenters. The van der Waals surface area contributed by atoms with Gasteiger partial charge in [0, 0.05) is 12.1 Å². The van der Waals surface area contributed by atoms with Gasteiger partial charge in [-0.3, -0.25) is 0 Å². The van der Waals surface area contributed by atoms with Gasteiger partial charge in [-0.15, -0.1) is 5.10 Å². The Balaban J connectivity index is 1.56. The Kier molecular flexibility index (Phi) is 6.07. The molecular weight excluding hydrogens is 467 g/mol. The van der Waals surface area contributed by atoms with Crippen molar-refractivity contribution in [2.24, 2.45) is 0 Å². The first-order chi connectivity index (χ1) is 17.2. The fourth-order valence-electron chi connectivity index (χ4n) is 4.66. The molecule has 1 aliphatic rings. The number of hydrogen-bond acceptors (Lipinski definition) is 7. The molecule has 1 saturated carbocycles. The second-order valence-corrected chi connectivity index (χ2v) is 9.93. The van der Waals surface area contributed by atoms with Gasteiger partial charge in [-0.2, -0.15) is 0 Å². The van der Waals surface area contributed by atoms with Crippen molar-refractivity contribution in [3.05, 3.63) is 52.9 Å². The number of ether oxygens (including phenoxy) is 1. The zero-order chi connectivity index (χ0) is 25.4. The van der Waals surface area contributed by atoms with Gasteiger partial charge in [-0.25, -0.2) is 29.0 Å². The summed E-state index contributed by atoms with van der Waals surface area (Å²) in [5.41, 5.74) is 1.38. The van der Waals surface area contributed by atoms with Crippen LogP contribution in [0, 0.1) is 5.82 Å². The number of alkyl carbamates (subject to hydrolysis) is 1. The maximum Gasteiger partial charge on any atom is 0.434 e. The van der Waals surface area contributed by atoms with Crippen LogP contribution in [0.2, 0.25) is 0 Å². The van der Waals surface area contributed by atoms with Crippen LogP contribution in [0.15, 0.2) is 45.7 Å². The number of aromatic nitrogens is 5. The summed E-state index contributed by atoms with van der Waals surface area (Å²) in [6, 6.07) is 8.01. The highest BCUT2D eigenvalue weighted by atomic mass is 19.1. The second kappa shape index (κ2) is 9.21. The summed E-state index contributed by atoms with van der Waals surface area (Å²) in [6.45, 7) is 5.46. The van der Waals surface area contributed by atoms with E-state index in [1.165, 1.54) is 6.07 Å². The molecule has 4 aromatic rings. The van der Waals surface area contributed by atoms with Gasteiger partial charge < -0.3 is 19.0 Å². The normalized spacial score (nSPS) is 18.3. The van der Waals surface area contributed by atoms with Crippen molar-refractivity contribution in [1.82, 2.24) is 30.0 Å². The number of halogens is 1. The van der Waals surface area contributed by atoms with Crippen LogP contribution < -0.4 is 11.1 Å². The van der Waals surface area contributed by atoms with E-state index in [2.05, 4.69) is 20.5 Å². The molecule has 10 nitrogen and oxygen atoms in total. The number of fused-ring (bicyclic) bond motifs is 1. The number of nitrogens with one attached hydrogen (secondary N) is 2. The highest BCUT2D eigenvalue weighted by Gasteiger charge is 2.30. The van der Waals surface area contributed by atoms with E-state index in [1.54, 1.807) is 30.5 Å². The first-order valence-electron chi connectivity index (χ1n) is 11.9. The molecule has 11 heteroatoms. The molecular formula is C25H27FN6O4. The molecule has 0 radical (unpaired) electrons. The molecule has 1 amide bonds. The highest BCUT2D eigenvalue weighted by Crippen LogP contribution is 2.37. The minimum atomic E-state index is -0.684. The largest absolute Gasteiger partial charge is 0.444 e. The van der Waals surface area contributed by atoms with Gasteiger partial charge in [0.15, 0.2) is 0 Å². The van der Waals surface area contributed by atoms with Gasteiger partial charge >= 0.3 is 11.8 Å². The molecule has 3 heterocycles. The van der Waals surface area contributed by atoms with Crippen molar-refractivity contribution in [2.75, 3.05) is 0 Å². The summed E-state index contributed by atoms with van der Waals surface area (Å²) >= 11 is 0. The molecule has 2 N–H and O–H groups in total. The Morgan fingerprint density at radius 2 is 2.08 bits per heavy atom. The van der Waals surface area contributed by atoms with E-state index in [9.17, 15) is 14.0 Å². The minimum absolute atomic E-state index is 0.0511. The standard InChI is InChI=1S/C25H27FN6O4/c1-25(2,3)36-23(33)28-14-7-6-8-15(11-14)32-20-12-18(22-30-31-24(34)35-22)27-13-19(20)29-21(32)16-9-4-5-10-17(16)26/h4-5,9-10,12-15H,6-8,11H2,1-3H3,(H,28,33)(H,31,34)/t14-,15+/m0/s1. The van der Waals surface area contributed by atoms with Gasteiger partial charge in [0.1, 0.15) is 28.5 Å². The second-order valence-electron chi connectivity index (χ2n) is 9.93. The number of carbonyl (C=O) groups excluding carboxylic acids is 1. The van der Waals surface area contributed by atoms with Crippen molar-refractivity contribution < 1.29 is 18.3 Å². The van der Waals surface area contributed by atoms with E-state index in [4.69, 9.17) is 14.1 Å². The summed E-state index contributed by atoms with van der Waals surface area (Å²) in [4.78, 5) is 32.9. The maximum atomic E-state index is 14.9. The van der Waals surface area contributed by atoms with E-state index in [0.29, 0.717) is 34.5 Å². The number of nitrogens with zero attached hydrogens (tertiary/aromatic N) is 4. The smallest absolute Gasteiger partial charge is 0.434 e. The predicted octanol–water partition coefficient (Wildman–Crippen LogP) is 4.59. The van der Waals surface area contributed by atoms with Crippen molar-refractivity contribution in [3.8, 4) is 23.0 Å². The van der Waals surface area contributed by atoms with Crippen LogP contribution in [-0.2, 0) is 4.74 Å². The van der Waals surface area contributed by atoms with E-state index in [0.717, 1.165) is 19.3 Å². The SMILES string of the molecule is CC(C)(C)OC(=O)N[C@H]1CCC[C@@H](n2c(-c3ccccc3F)nc3cnc(-c4n[nH]c(=O)o4)cc32)C1. The fraction of sp³-hybridized carbons (Fsp3) is 0.400. The predicted molar refractivity (Wildman–Crippen MR) is 130 cm³/mol. The summed E-state index contributed by atoms with van der Waals surface area (Å²) in [6.07, 6.45) is 4.18. The Morgan fingerprint density at radius 3 is 2.81 bits per heavy atom. The number of imidazole rings is 1. The molecule has 0 bridgehead atoms. The first kappa shape index (κ1) is 23.7. The van der Waals surface area contributed by atoms with Crippen molar-refractivity contribution in [2.45, 2.75) is 64.1 Å². The summed E-state index contributed by atoms with van der Waals surface area (Å²) < 4.78 is 27.4. The Hall–Kier alpha value is -4.02. The number of benzene rings is 1. The molecule has 1 aromatic carbocycles. The molecule has 188 valence electrons. The van der Waals surface area contributed by atoms with Gasteiger partial charge in [0.05, 0.1) is 17.3 Å². The first-order valence-corrected chi connectivity index (χ1v) is 11.9. The van der Waals surface area contributed by atoms with Gasteiger partial charge in [0.2, 0.25) is 0 Å². The maximum absolute atomic E-state index is 14.9. The summed E-state index contributed by atoms with van der Waals surface area (Å²) in [5, 5.41) is 9.09. The van der Waals surface area contributed by atoms with E-state index in [1.807, 2.05) is 25.3 Å². The number of H-pyrrole nitrogens is 1. The van der Waals surface area contributed by atoms with Gasteiger partial charge in [0.25, 0.3) is 5.89 Å². The molecule has 0 spiro atoms. The number of aromatic amines is 1. The minimum Gasteiger partial charge on any atom is -0.444 e. The lowest BCUT2D eigenvalue weighted by Crippen LogP contribution is -2.41. The van der Waals surface area contributed by atoms with Crippen LogP contribution >= 0.6 is 0 Å². The van der Waals surface area contributed by atoms with Crippen LogP contribution in [0.4, 0.5) is 9.18 Å². The number of rotatable bonds is 4. The fourth-order valence-corrected chi connectivity index (χ4v) is 4.66. The van der Waals surface area contributed by atoms with Crippen LogP contribution in [-0.4, -0.2) is 42.5 Å². The molecule has 0 saturated heterocycles. The van der Waals surface area contributed by atoms with Crippen LogP contribution in [0.5, 0.6) is 0 Å². The zero-order valence-corrected chi connectivity index (χ0v) is 20.2. The molecule has 0 unspecified atom stereocenters. The Morgan fingerprint density at radius 1 is 1.28 bits per heavy atom. The van der Waals surface area contributed by atoms with Crippen molar-refractivity contribution in [1.29, 1.82) is 0 Å².